The Labute approximate surface area is 141 Å². The maximum absolute atomic E-state index is 12.3. The quantitative estimate of drug-likeness (QED) is 0.800. The van der Waals surface area contributed by atoms with Gasteiger partial charge in [-0.25, -0.2) is 13.2 Å². The molecule has 0 radical (unpaired) electrons. The number of hydrogen-bond acceptors (Lipinski definition) is 4. The van der Waals surface area contributed by atoms with Crippen molar-refractivity contribution >= 4 is 27.6 Å². The van der Waals surface area contributed by atoms with Crippen LogP contribution in [0.1, 0.15) is 36.2 Å². The van der Waals surface area contributed by atoms with Crippen molar-refractivity contribution in [2.75, 3.05) is 17.1 Å². The maximum Gasteiger partial charge on any atom is 0.326 e. The van der Waals surface area contributed by atoms with Crippen molar-refractivity contribution < 1.29 is 23.1 Å². The lowest BCUT2D eigenvalue weighted by Crippen LogP contribution is -2.41. The van der Waals surface area contributed by atoms with Gasteiger partial charge in [-0.05, 0) is 42.5 Å². The predicted molar refractivity (Wildman–Crippen MR) is 90.7 cm³/mol. The van der Waals surface area contributed by atoms with E-state index in [0.717, 1.165) is 11.8 Å². The summed E-state index contributed by atoms with van der Waals surface area (Å²) < 4.78 is 24.7. The van der Waals surface area contributed by atoms with E-state index in [1.807, 2.05) is 13.8 Å². The van der Waals surface area contributed by atoms with Gasteiger partial charge >= 0.3 is 5.97 Å². The summed E-state index contributed by atoms with van der Waals surface area (Å²) >= 11 is 0. The van der Waals surface area contributed by atoms with Crippen LogP contribution in [0.2, 0.25) is 0 Å². The molecule has 0 saturated carbocycles. The van der Waals surface area contributed by atoms with Crippen molar-refractivity contribution in [2.24, 2.45) is 5.92 Å². The highest BCUT2D eigenvalue weighted by Gasteiger charge is 2.27. The zero-order chi connectivity index (χ0) is 18.1. The second-order valence-electron chi connectivity index (χ2n) is 6.42. The molecular weight excluding hydrogens is 332 g/mol. The van der Waals surface area contributed by atoms with E-state index in [2.05, 4.69) is 5.32 Å². The molecule has 8 heteroatoms. The van der Waals surface area contributed by atoms with Crippen LogP contribution in [0.25, 0.3) is 0 Å². The highest BCUT2D eigenvalue weighted by molar-refractivity contribution is 7.92. The molecule has 1 heterocycles. The van der Waals surface area contributed by atoms with Gasteiger partial charge in [0.05, 0.1) is 11.9 Å². The Morgan fingerprint density at radius 1 is 1.33 bits per heavy atom. The average Bonchev–Trinajstić information content (AvgIpc) is 2.88. The first kappa shape index (κ1) is 18.3. The largest absolute Gasteiger partial charge is 0.480 e. The van der Waals surface area contributed by atoms with E-state index >= 15 is 0 Å². The van der Waals surface area contributed by atoms with Crippen molar-refractivity contribution in [3.63, 3.8) is 0 Å². The fourth-order valence-corrected chi connectivity index (χ4v) is 3.75. The summed E-state index contributed by atoms with van der Waals surface area (Å²) in [5.41, 5.74) is 1.67. The Morgan fingerprint density at radius 2 is 2.00 bits per heavy atom. The number of carbonyl (C=O) groups excluding carboxylic acids is 1. The smallest absolute Gasteiger partial charge is 0.326 e. The minimum Gasteiger partial charge on any atom is -0.480 e. The molecule has 2 N–H and O–H groups in total. The summed E-state index contributed by atoms with van der Waals surface area (Å²) in [6.07, 6.45) is 2.01. The van der Waals surface area contributed by atoms with E-state index < -0.39 is 27.9 Å². The SMILES string of the molecule is CC(C)C[C@@H](NC(=O)c1ccc2c(c1)CCN2S(C)(=O)=O)C(=O)O. The maximum atomic E-state index is 12.3. The molecule has 0 bridgehead atoms. The molecule has 0 unspecified atom stereocenters. The fourth-order valence-electron chi connectivity index (χ4n) is 2.79. The molecule has 2 rings (SSSR count). The Bertz CT molecular complexity index is 758. The summed E-state index contributed by atoms with van der Waals surface area (Å²) in [7, 11) is -3.34. The van der Waals surface area contributed by atoms with E-state index in [1.54, 1.807) is 12.1 Å². The van der Waals surface area contributed by atoms with E-state index in [4.69, 9.17) is 0 Å². The molecule has 132 valence electrons. The Kier molecular flexibility index (Phi) is 5.17. The summed E-state index contributed by atoms with van der Waals surface area (Å²) in [6, 6.07) is 3.80. The van der Waals surface area contributed by atoms with Gasteiger partial charge < -0.3 is 10.4 Å². The minimum absolute atomic E-state index is 0.134. The third kappa shape index (κ3) is 4.05. The first-order valence-corrected chi connectivity index (χ1v) is 9.58. The van der Waals surface area contributed by atoms with Gasteiger partial charge in [-0.2, -0.15) is 0 Å². The number of rotatable bonds is 6. The molecule has 1 aromatic carbocycles. The third-order valence-corrected chi connectivity index (χ3v) is 5.09. The molecule has 1 amide bonds. The number of carbonyl (C=O) groups is 2. The summed E-state index contributed by atoms with van der Waals surface area (Å²) in [5, 5.41) is 11.7. The summed E-state index contributed by atoms with van der Waals surface area (Å²) in [4.78, 5) is 23.6. The number of aliphatic carboxylic acids is 1. The molecule has 0 fully saturated rings. The van der Waals surface area contributed by atoms with Crippen LogP contribution >= 0.6 is 0 Å². The van der Waals surface area contributed by atoms with Crippen LogP contribution in [0.5, 0.6) is 0 Å². The topological polar surface area (TPSA) is 104 Å². The molecule has 1 atom stereocenters. The average molecular weight is 354 g/mol. The van der Waals surface area contributed by atoms with Gasteiger partial charge in [-0.1, -0.05) is 13.8 Å². The van der Waals surface area contributed by atoms with Gasteiger partial charge in [0, 0.05) is 12.1 Å². The molecule has 24 heavy (non-hydrogen) atoms. The van der Waals surface area contributed by atoms with Crippen LogP contribution in [-0.4, -0.2) is 44.2 Å². The number of hydrogen-bond donors (Lipinski definition) is 2. The Hall–Kier alpha value is -2.09. The van der Waals surface area contributed by atoms with Crippen molar-refractivity contribution in [1.82, 2.24) is 5.32 Å². The van der Waals surface area contributed by atoms with E-state index in [0.29, 0.717) is 30.6 Å². The van der Waals surface area contributed by atoms with Crippen molar-refractivity contribution in [3.8, 4) is 0 Å². The van der Waals surface area contributed by atoms with Gasteiger partial charge in [-0.15, -0.1) is 0 Å². The van der Waals surface area contributed by atoms with E-state index in [1.165, 1.54) is 10.4 Å². The molecule has 0 aromatic heterocycles. The summed E-state index contributed by atoms with van der Waals surface area (Å²) in [6.45, 7) is 4.12. The Balaban J connectivity index is 2.19. The lowest BCUT2D eigenvalue weighted by molar-refractivity contribution is -0.139. The zero-order valence-electron chi connectivity index (χ0n) is 13.9. The Morgan fingerprint density at radius 3 is 2.54 bits per heavy atom. The van der Waals surface area contributed by atoms with Crippen LogP contribution in [0.3, 0.4) is 0 Å². The molecule has 1 aliphatic heterocycles. The molecule has 1 aliphatic rings. The van der Waals surface area contributed by atoms with E-state index in [-0.39, 0.29) is 5.92 Å². The number of sulfonamides is 1. The number of anilines is 1. The lowest BCUT2D eigenvalue weighted by atomic mass is 10.0. The molecule has 7 nitrogen and oxygen atoms in total. The highest BCUT2D eigenvalue weighted by Crippen LogP contribution is 2.30. The number of amides is 1. The van der Waals surface area contributed by atoms with Gasteiger partial charge in [0.15, 0.2) is 0 Å². The molecule has 1 aromatic rings. The fraction of sp³-hybridized carbons (Fsp3) is 0.500. The monoisotopic (exact) mass is 354 g/mol. The second-order valence-corrected chi connectivity index (χ2v) is 8.33. The minimum atomic E-state index is -3.34. The van der Waals surface area contributed by atoms with Crippen molar-refractivity contribution in [3.05, 3.63) is 29.3 Å². The van der Waals surface area contributed by atoms with Crippen molar-refractivity contribution in [2.45, 2.75) is 32.7 Å². The second kappa shape index (κ2) is 6.80. The first-order valence-electron chi connectivity index (χ1n) is 7.74. The number of carboxylic acids is 1. The van der Waals surface area contributed by atoms with Crippen molar-refractivity contribution in [1.29, 1.82) is 0 Å². The number of carboxylic acid groups (broad SMARTS) is 1. The van der Waals surface area contributed by atoms with Crippen LogP contribution < -0.4 is 9.62 Å². The normalized spacial score (nSPS) is 15.2. The van der Waals surface area contributed by atoms with E-state index in [9.17, 15) is 23.1 Å². The van der Waals surface area contributed by atoms with Crippen LogP contribution in [-0.2, 0) is 21.2 Å². The number of fused-ring (bicyclic) bond motifs is 1. The molecule has 0 spiro atoms. The summed E-state index contributed by atoms with van der Waals surface area (Å²) in [5.74, 6) is -1.40. The number of nitrogens with one attached hydrogen (secondary N) is 1. The number of benzene rings is 1. The van der Waals surface area contributed by atoms with Crippen LogP contribution in [0.15, 0.2) is 18.2 Å². The molecular formula is C16H22N2O5S. The lowest BCUT2D eigenvalue weighted by Gasteiger charge is -2.18. The van der Waals surface area contributed by atoms with Gasteiger partial charge in [0.25, 0.3) is 5.91 Å². The standard InChI is InChI=1S/C16H22N2O5S/c1-10(2)8-13(16(20)21)17-15(19)12-4-5-14-11(9-12)6-7-18(14)24(3,22)23/h4-5,9-10,13H,6-8H2,1-3H3,(H,17,19)(H,20,21)/t13-/m1/s1. The molecule has 0 saturated heterocycles. The number of nitrogens with zero attached hydrogens (tertiary/aromatic N) is 1. The van der Waals surface area contributed by atoms with Crippen LogP contribution in [0, 0.1) is 5.92 Å². The van der Waals surface area contributed by atoms with Crippen LogP contribution in [0.4, 0.5) is 5.69 Å². The first-order chi connectivity index (χ1) is 11.1. The van der Waals surface area contributed by atoms with Gasteiger partial charge in [0.1, 0.15) is 6.04 Å². The molecule has 0 aliphatic carbocycles. The zero-order valence-corrected chi connectivity index (χ0v) is 14.8. The highest BCUT2D eigenvalue weighted by atomic mass is 32.2. The van der Waals surface area contributed by atoms with Gasteiger partial charge in [0.2, 0.25) is 10.0 Å². The van der Waals surface area contributed by atoms with Gasteiger partial charge in [-0.3, -0.25) is 9.10 Å². The predicted octanol–water partition coefficient (Wildman–Crippen LogP) is 1.24. The third-order valence-electron chi connectivity index (χ3n) is 3.91.